The first-order valence-corrected chi connectivity index (χ1v) is 6.02. The van der Waals surface area contributed by atoms with Crippen molar-refractivity contribution < 1.29 is 4.74 Å². The van der Waals surface area contributed by atoms with Crippen LogP contribution in [0, 0.1) is 5.92 Å². The van der Waals surface area contributed by atoms with Crippen LogP contribution in [-0.2, 0) is 11.2 Å². The topological polar surface area (TPSA) is 21.6 Å². The summed E-state index contributed by atoms with van der Waals surface area (Å²) in [5.74, 6) is 1.41. The van der Waals surface area contributed by atoms with Crippen molar-refractivity contribution >= 4 is 5.90 Å². The standard InChI is InChI=1S/C14H19NO/c1-16-14-13(9-5-6-10-15-14)11-12-7-3-2-4-8-12/h2-4,7-8,13H,5-6,9-11H2,1H3. The number of aliphatic imine (C=N–C) groups is 1. The maximum atomic E-state index is 5.41. The molecule has 2 rings (SSSR count). The predicted molar refractivity (Wildman–Crippen MR) is 66.8 cm³/mol. The lowest BCUT2D eigenvalue weighted by Gasteiger charge is -2.16. The number of nitrogens with zero attached hydrogens (tertiary/aromatic N) is 1. The Bertz CT molecular complexity index is 345. The molecule has 1 aromatic carbocycles. The highest BCUT2D eigenvalue weighted by molar-refractivity contribution is 5.79. The second-order valence-corrected chi connectivity index (χ2v) is 4.31. The molecule has 0 amide bonds. The molecule has 86 valence electrons. The SMILES string of the molecule is COC1=NCCCCC1Cc1ccccc1. The summed E-state index contributed by atoms with van der Waals surface area (Å²) in [6, 6.07) is 10.6. The summed E-state index contributed by atoms with van der Waals surface area (Å²) in [7, 11) is 1.74. The van der Waals surface area contributed by atoms with Gasteiger partial charge in [-0.2, -0.15) is 0 Å². The summed E-state index contributed by atoms with van der Waals surface area (Å²) >= 11 is 0. The van der Waals surface area contributed by atoms with Crippen molar-refractivity contribution in [3.63, 3.8) is 0 Å². The molecule has 2 heteroatoms. The third-order valence-electron chi connectivity index (χ3n) is 3.11. The number of hydrogen-bond donors (Lipinski definition) is 0. The molecule has 0 fully saturated rings. The van der Waals surface area contributed by atoms with Crippen molar-refractivity contribution in [2.45, 2.75) is 25.7 Å². The van der Waals surface area contributed by atoms with Crippen LogP contribution in [-0.4, -0.2) is 19.6 Å². The molecular formula is C14H19NO. The van der Waals surface area contributed by atoms with Gasteiger partial charge < -0.3 is 4.74 Å². The van der Waals surface area contributed by atoms with E-state index in [1.807, 2.05) is 0 Å². The van der Waals surface area contributed by atoms with E-state index < -0.39 is 0 Å². The van der Waals surface area contributed by atoms with E-state index in [0.29, 0.717) is 5.92 Å². The number of benzene rings is 1. The summed E-state index contributed by atoms with van der Waals surface area (Å²) < 4.78 is 5.41. The normalized spacial score (nSPS) is 21.1. The Morgan fingerprint density at radius 3 is 2.81 bits per heavy atom. The Morgan fingerprint density at radius 1 is 1.25 bits per heavy atom. The summed E-state index contributed by atoms with van der Waals surface area (Å²) in [6.45, 7) is 0.925. The van der Waals surface area contributed by atoms with E-state index in [0.717, 1.165) is 18.9 Å². The first kappa shape index (κ1) is 11.2. The van der Waals surface area contributed by atoms with E-state index in [4.69, 9.17) is 4.74 Å². The van der Waals surface area contributed by atoms with Gasteiger partial charge in [0.05, 0.1) is 7.11 Å². The van der Waals surface area contributed by atoms with Crippen molar-refractivity contribution in [2.75, 3.05) is 13.7 Å². The Kier molecular flexibility index (Phi) is 3.97. The lowest BCUT2D eigenvalue weighted by atomic mass is 9.94. The number of ether oxygens (including phenoxy) is 1. The Balaban J connectivity index is 2.07. The van der Waals surface area contributed by atoms with Crippen molar-refractivity contribution in [3.05, 3.63) is 35.9 Å². The van der Waals surface area contributed by atoms with Crippen LogP contribution in [0.2, 0.25) is 0 Å². The first-order chi connectivity index (χ1) is 7.90. The molecule has 2 nitrogen and oxygen atoms in total. The molecule has 0 saturated heterocycles. The zero-order valence-electron chi connectivity index (χ0n) is 9.86. The van der Waals surface area contributed by atoms with E-state index in [2.05, 4.69) is 35.3 Å². The van der Waals surface area contributed by atoms with Gasteiger partial charge in [-0.1, -0.05) is 36.8 Å². The van der Waals surface area contributed by atoms with Crippen molar-refractivity contribution in [1.82, 2.24) is 0 Å². The molecule has 0 spiro atoms. The molecule has 0 N–H and O–H groups in total. The highest BCUT2D eigenvalue weighted by atomic mass is 16.5. The van der Waals surface area contributed by atoms with Gasteiger partial charge in [0.2, 0.25) is 0 Å². The van der Waals surface area contributed by atoms with Gasteiger partial charge in [-0.05, 0) is 24.8 Å². The minimum atomic E-state index is 0.468. The van der Waals surface area contributed by atoms with Crippen LogP contribution in [0.5, 0.6) is 0 Å². The second-order valence-electron chi connectivity index (χ2n) is 4.31. The molecule has 1 unspecified atom stereocenters. The first-order valence-electron chi connectivity index (χ1n) is 6.02. The molecule has 0 radical (unpaired) electrons. The summed E-state index contributed by atoms with van der Waals surface area (Å²) in [4.78, 5) is 4.51. The van der Waals surface area contributed by atoms with Crippen LogP contribution in [0.15, 0.2) is 35.3 Å². The maximum absolute atomic E-state index is 5.41. The van der Waals surface area contributed by atoms with Gasteiger partial charge in [0.1, 0.15) is 0 Å². The third-order valence-corrected chi connectivity index (χ3v) is 3.11. The molecule has 1 atom stereocenters. The Hall–Kier alpha value is -1.31. The van der Waals surface area contributed by atoms with Crippen LogP contribution < -0.4 is 0 Å². The van der Waals surface area contributed by atoms with Crippen LogP contribution >= 0.6 is 0 Å². The van der Waals surface area contributed by atoms with Crippen LogP contribution in [0.25, 0.3) is 0 Å². The highest BCUT2D eigenvalue weighted by Gasteiger charge is 2.19. The van der Waals surface area contributed by atoms with Gasteiger partial charge in [-0.25, -0.2) is 0 Å². The minimum absolute atomic E-state index is 0.468. The molecule has 16 heavy (non-hydrogen) atoms. The van der Waals surface area contributed by atoms with Gasteiger partial charge in [0, 0.05) is 12.5 Å². The van der Waals surface area contributed by atoms with Crippen molar-refractivity contribution in [3.8, 4) is 0 Å². The monoisotopic (exact) mass is 217 g/mol. The fourth-order valence-electron chi connectivity index (χ4n) is 2.26. The zero-order chi connectivity index (χ0) is 11.2. The zero-order valence-corrected chi connectivity index (χ0v) is 9.86. The molecule has 0 bridgehead atoms. The average molecular weight is 217 g/mol. The predicted octanol–water partition coefficient (Wildman–Crippen LogP) is 3.07. The van der Waals surface area contributed by atoms with Crippen LogP contribution in [0.4, 0.5) is 0 Å². The number of rotatable bonds is 2. The van der Waals surface area contributed by atoms with E-state index in [-0.39, 0.29) is 0 Å². The molecule has 1 heterocycles. The fraction of sp³-hybridized carbons (Fsp3) is 0.500. The smallest absolute Gasteiger partial charge is 0.186 e. The fourth-order valence-corrected chi connectivity index (χ4v) is 2.26. The van der Waals surface area contributed by atoms with Gasteiger partial charge in [0.15, 0.2) is 5.90 Å². The largest absolute Gasteiger partial charge is 0.484 e. The summed E-state index contributed by atoms with van der Waals surface area (Å²) in [5.41, 5.74) is 1.37. The van der Waals surface area contributed by atoms with Gasteiger partial charge >= 0.3 is 0 Å². The second kappa shape index (κ2) is 5.69. The van der Waals surface area contributed by atoms with E-state index in [1.165, 1.54) is 24.8 Å². The third kappa shape index (κ3) is 2.84. The maximum Gasteiger partial charge on any atom is 0.186 e. The van der Waals surface area contributed by atoms with Crippen molar-refractivity contribution in [1.29, 1.82) is 0 Å². The summed E-state index contributed by atoms with van der Waals surface area (Å²) in [6.07, 6.45) is 4.70. The Labute approximate surface area is 97.4 Å². The lowest BCUT2D eigenvalue weighted by molar-refractivity contribution is 0.358. The number of hydrogen-bond acceptors (Lipinski definition) is 2. The van der Waals surface area contributed by atoms with Gasteiger partial charge in [-0.15, -0.1) is 0 Å². The Morgan fingerprint density at radius 2 is 2.06 bits per heavy atom. The minimum Gasteiger partial charge on any atom is -0.484 e. The molecule has 1 aliphatic heterocycles. The molecule has 0 saturated carbocycles. The van der Waals surface area contributed by atoms with Crippen LogP contribution in [0.3, 0.4) is 0 Å². The average Bonchev–Trinajstić information content (AvgIpc) is 2.55. The van der Waals surface area contributed by atoms with Gasteiger partial charge in [0.25, 0.3) is 0 Å². The summed E-state index contributed by atoms with van der Waals surface area (Å²) in [5, 5.41) is 0. The molecule has 0 aliphatic carbocycles. The molecule has 0 aromatic heterocycles. The molecular weight excluding hydrogens is 198 g/mol. The number of methoxy groups -OCH3 is 1. The highest BCUT2D eigenvalue weighted by Crippen LogP contribution is 2.20. The molecule has 1 aliphatic rings. The van der Waals surface area contributed by atoms with E-state index >= 15 is 0 Å². The quantitative estimate of drug-likeness (QED) is 0.746. The lowest BCUT2D eigenvalue weighted by Crippen LogP contribution is -2.18. The van der Waals surface area contributed by atoms with Gasteiger partial charge in [-0.3, -0.25) is 4.99 Å². The van der Waals surface area contributed by atoms with E-state index in [9.17, 15) is 0 Å². The van der Waals surface area contributed by atoms with Crippen molar-refractivity contribution in [2.24, 2.45) is 10.9 Å². The molecule has 1 aromatic rings. The van der Waals surface area contributed by atoms with E-state index in [1.54, 1.807) is 7.11 Å². The van der Waals surface area contributed by atoms with Crippen LogP contribution in [0.1, 0.15) is 24.8 Å².